The van der Waals surface area contributed by atoms with Crippen molar-refractivity contribution in [3.63, 3.8) is 0 Å². The van der Waals surface area contributed by atoms with Gasteiger partial charge in [0.15, 0.2) is 6.10 Å². The highest BCUT2D eigenvalue weighted by Gasteiger charge is 2.35. The second kappa shape index (κ2) is 6.51. The minimum absolute atomic E-state index is 0.0181. The van der Waals surface area contributed by atoms with Gasteiger partial charge in [0, 0.05) is 19.0 Å². The number of benzene rings is 1. The van der Waals surface area contributed by atoms with Gasteiger partial charge in [-0.05, 0) is 17.7 Å². The summed E-state index contributed by atoms with van der Waals surface area (Å²) in [5.41, 5.74) is 0.574. The van der Waals surface area contributed by atoms with Crippen molar-refractivity contribution in [3.05, 3.63) is 33.8 Å². The van der Waals surface area contributed by atoms with E-state index in [0.29, 0.717) is 10.6 Å². The molecule has 2 N–H and O–H groups in total. The summed E-state index contributed by atoms with van der Waals surface area (Å²) in [4.78, 5) is 23.7. The fourth-order valence-corrected chi connectivity index (χ4v) is 2.58. The topological polar surface area (TPSA) is 87.1 Å². The van der Waals surface area contributed by atoms with Gasteiger partial charge in [0.2, 0.25) is 0 Å². The molecule has 0 spiro atoms. The van der Waals surface area contributed by atoms with Crippen LogP contribution in [0, 0.1) is 0 Å². The van der Waals surface area contributed by atoms with Crippen LogP contribution in [0.15, 0.2) is 18.2 Å². The van der Waals surface area contributed by atoms with Gasteiger partial charge in [-0.15, -0.1) is 0 Å². The highest BCUT2D eigenvalue weighted by Crippen LogP contribution is 2.31. The Morgan fingerprint density at radius 2 is 1.95 bits per heavy atom. The first-order chi connectivity index (χ1) is 9.90. The maximum Gasteiger partial charge on any atom is 0.407 e. The molecule has 0 aliphatic carbocycles. The highest BCUT2D eigenvalue weighted by atomic mass is 35.5. The second-order valence-electron chi connectivity index (χ2n) is 4.64. The molecule has 2 rings (SSSR count). The zero-order chi connectivity index (χ0) is 15.6. The van der Waals surface area contributed by atoms with E-state index in [0.717, 1.165) is 4.90 Å². The van der Waals surface area contributed by atoms with E-state index >= 15 is 0 Å². The Labute approximate surface area is 130 Å². The van der Waals surface area contributed by atoms with Gasteiger partial charge >= 0.3 is 12.1 Å². The van der Waals surface area contributed by atoms with Crippen molar-refractivity contribution >= 4 is 35.3 Å². The lowest BCUT2D eigenvalue weighted by molar-refractivity contribution is -0.151. The van der Waals surface area contributed by atoms with E-state index in [-0.39, 0.29) is 24.7 Å². The number of carboxylic acids is 1. The van der Waals surface area contributed by atoms with Crippen LogP contribution in [0.2, 0.25) is 10.0 Å². The smallest absolute Gasteiger partial charge is 0.407 e. The number of amides is 1. The third kappa shape index (κ3) is 3.58. The molecule has 1 aromatic rings. The molecule has 2 atom stereocenters. The average molecular weight is 334 g/mol. The predicted octanol–water partition coefficient (Wildman–Crippen LogP) is 2.54. The first-order valence-electron chi connectivity index (χ1n) is 6.17. The van der Waals surface area contributed by atoms with Crippen LogP contribution < -0.4 is 0 Å². The maximum atomic E-state index is 11.4. The molecule has 21 heavy (non-hydrogen) atoms. The van der Waals surface area contributed by atoms with Crippen molar-refractivity contribution in [1.82, 2.24) is 4.90 Å². The average Bonchev–Trinajstić information content (AvgIpc) is 2.64. The van der Waals surface area contributed by atoms with Crippen LogP contribution in [0.4, 0.5) is 4.79 Å². The summed E-state index contributed by atoms with van der Waals surface area (Å²) in [6.45, 7) is 0.169. The molecule has 1 fully saturated rings. The number of aliphatic carboxylic acids is 1. The molecular weight excluding hydrogens is 321 g/mol. The van der Waals surface area contributed by atoms with Crippen molar-refractivity contribution in [2.45, 2.75) is 12.0 Å². The summed E-state index contributed by atoms with van der Waals surface area (Å²) in [7, 11) is 0. The van der Waals surface area contributed by atoms with Crippen molar-refractivity contribution in [2.24, 2.45) is 0 Å². The van der Waals surface area contributed by atoms with E-state index in [1.165, 1.54) is 0 Å². The predicted molar refractivity (Wildman–Crippen MR) is 76.2 cm³/mol. The molecule has 1 aliphatic rings. The van der Waals surface area contributed by atoms with Crippen molar-refractivity contribution in [3.8, 4) is 0 Å². The Balaban J connectivity index is 2.38. The van der Waals surface area contributed by atoms with Gasteiger partial charge in [-0.25, -0.2) is 9.59 Å². The summed E-state index contributed by atoms with van der Waals surface area (Å²) in [5, 5.41) is 19.0. The molecule has 0 saturated carbocycles. The molecule has 114 valence electrons. The van der Waals surface area contributed by atoms with Crippen molar-refractivity contribution in [2.75, 3.05) is 19.7 Å². The molecule has 1 aromatic carbocycles. The van der Waals surface area contributed by atoms with Crippen LogP contribution in [0.3, 0.4) is 0 Å². The fourth-order valence-electron chi connectivity index (χ4n) is 2.27. The lowest BCUT2D eigenvalue weighted by atomic mass is 9.93. The van der Waals surface area contributed by atoms with Gasteiger partial charge in [-0.2, -0.15) is 0 Å². The fraction of sp³-hybridized carbons (Fsp3) is 0.385. The van der Waals surface area contributed by atoms with Crippen molar-refractivity contribution < 1.29 is 24.5 Å². The third-order valence-corrected chi connectivity index (χ3v) is 4.07. The van der Waals surface area contributed by atoms with E-state index in [1.807, 2.05) is 0 Å². The molecule has 1 aliphatic heterocycles. The Kier molecular flexibility index (Phi) is 4.92. The number of nitrogens with zero attached hydrogens (tertiary/aromatic N) is 1. The maximum absolute atomic E-state index is 11.4. The zero-order valence-electron chi connectivity index (χ0n) is 10.8. The Hall–Kier alpha value is -1.50. The quantitative estimate of drug-likeness (QED) is 0.868. The number of carbonyl (C=O) groups is 2. The molecule has 0 radical (unpaired) electrons. The lowest BCUT2D eigenvalue weighted by Gasteiger charge is -2.24. The first-order valence-corrected chi connectivity index (χ1v) is 6.93. The molecule has 8 heteroatoms. The van der Waals surface area contributed by atoms with Crippen LogP contribution in [-0.2, 0) is 9.53 Å². The van der Waals surface area contributed by atoms with E-state index in [4.69, 9.17) is 33.0 Å². The summed E-state index contributed by atoms with van der Waals surface area (Å²) in [5.74, 6) is -1.80. The van der Waals surface area contributed by atoms with E-state index in [9.17, 15) is 14.7 Å². The molecule has 1 heterocycles. The Bertz CT molecular complexity index is 565. The lowest BCUT2D eigenvalue weighted by Crippen LogP contribution is -2.37. The van der Waals surface area contributed by atoms with Gasteiger partial charge in [0.1, 0.15) is 0 Å². The number of halogens is 2. The number of ether oxygens (including phenoxy) is 1. The summed E-state index contributed by atoms with van der Waals surface area (Å²) in [6.07, 6.45) is -2.25. The Morgan fingerprint density at radius 1 is 1.24 bits per heavy atom. The van der Waals surface area contributed by atoms with E-state index in [2.05, 4.69) is 0 Å². The minimum Gasteiger partial charge on any atom is -0.479 e. The van der Waals surface area contributed by atoms with Gasteiger partial charge in [0.05, 0.1) is 16.7 Å². The monoisotopic (exact) mass is 333 g/mol. The molecule has 6 nitrogen and oxygen atoms in total. The van der Waals surface area contributed by atoms with E-state index < -0.39 is 24.1 Å². The standard InChI is InChI=1S/C13H13Cl2NO5/c14-9-2-1-7(5-10(9)15)8-6-16(13(19)20)3-4-21-11(8)12(17)18/h1-2,5,8,11H,3-4,6H2,(H,17,18)(H,19,20)/t8-,11+/m0/s1. The largest absolute Gasteiger partial charge is 0.479 e. The van der Waals surface area contributed by atoms with Crippen molar-refractivity contribution in [1.29, 1.82) is 0 Å². The molecule has 1 saturated heterocycles. The number of hydrogen-bond donors (Lipinski definition) is 2. The summed E-state index contributed by atoms with van der Waals surface area (Å²) < 4.78 is 5.30. The molecule has 0 aromatic heterocycles. The normalized spacial score (nSPS) is 22.7. The van der Waals surface area contributed by atoms with Gasteiger partial charge in [-0.1, -0.05) is 29.3 Å². The highest BCUT2D eigenvalue weighted by molar-refractivity contribution is 6.42. The third-order valence-electron chi connectivity index (χ3n) is 3.33. The second-order valence-corrected chi connectivity index (χ2v) is 5.45. The van der Waals surface area contributed by atoms with Gasteiger partial charge in [-0.3, -0.25) is 0 Å². The Morgan fingerprint density at radius 3 is 2.52 bits per heavy atom. The molecule has 0 unspecified atom stereocenters. The molecular formula is C13H13Cl2NO5. The van der Waals surface area contributed by atoms with Crippen LogP contribution in [0.25, 0.3) is 0 Å². The van der Waals surface area contributed by atoms with Crippen LogP contribution in [-0.4, -0.2) is 53.0 Å². The van der Waals surface area contributed by atoms with Gasteiger partial charge < -0.3 is 19.8 Å². The summed E-state index contributed by atoms with van der Waals surface area (Å²) >= 11 is 11.8. The molecule has 0 bridgehead atoms. The number of carboxylic acid groups (broad SMARTS) is 2. The van der Waals surface area contributed by atoms with Crippen LogP contribution in [0.5, 0.6) is 0 Å². The number of hydrogen-bond acceptors (Lipinski definition) is 3. The first kappa shape index (κ1) is 15.9. The van der Waals surface area contributed by atoms with Crippen LogP contribution >= 0.6 is 23.2 Å². The molecule has 1 amide bonds. The van der Waals surface area contributed by atoms with Crippen LogP contribution in [0.1, 0.15) is 11.5 Å². The minimum atomic E-state index is -1.14. The summed E-state index contributed by atoms with van der Waals surface area (Å²) in [6, 6.07) is 4.72. The zero-order valence-corrected chi connectivity index (χ0v) is 12.3. The SMILES string of the molecule is O=C(O)[C@@H]1OCCN(C(=O)O)C[C@H]1c1ccc(Cl)c(Cl)c1. The number of rotatable bonds is 2. The van der Waals surface area contributed by atoms with E-state index in [1.54, 1.807) is 18.2 Å². The van der Waals surface area contributed by atoms with Gasteiger partial charge in [0.25, 0.3) is 0 Å².